The number of nitrogens with one attached hydrogen (secondary N) is 3. The Kier molecular flexibility index (Phi) is 5.32. The fraction of sp³-hybridized carbons (Fsp3) is 0.357. The Morgan fingerprint density at radius 2 is 2.25 bits per heavy atom. The van der Waals surface area contributed by atoms with E-state index in [-0.39, 0.29) is 17.0 Å². The maximum absolute atomic E-state index is 8.72. The normalized spacial score (nSPS) is 17.1. The molecular formula is C14H15ClN8O. The van der Waals surface area contributed by atoms with Crippen LogP contribution in [0.25, 0.3) is 0 Å². The van der Waals surface area contributed by atoms with Crippen molar-refractivity contribution < 1.29 is 4.74 Å². The third kappa shape index (κ3) is 4.26. The zero-order valence-electron chi connectivity index (χ0n) is 12.7. The van der Waals surface area contributed by atoms with Crippen LogP contribution in [0.5, 0.6) is 0 Å². The molecule has 2 aromatic heterocycles. The van der Waals surface area contributed by atoms with E-state index in [1.165, 1.54) is 12.4 Å². The van der Waals surface area contributed by atoms with Crippen LogP contribution < -0.4 is 16.0 Å². The standard InChI is InChI=1S/C14H15ClN8O/c15-14-11(19-7-10-6-17-1-2-24-10)3-12(22-23-14)21-13-8-18-9(4-16)5-20-13/h3,5,8,10,17H,1-2,6-7H2,(H2,19,20,21,22)/t10-/m0/s1. The molecule has 24 heavy (non-hydrogen) atoms. The second-order valence-corrected chi connectivity index (χ2v) is 5.39. The molecule has 0 unspecified atom stereocenters. The molecule has 10 heteroatoms. The average Bonchev–Trinajstić information content (AvgIpc) is 2.63. The highest BCUT2D eigenvalue weighted by molar-refractivity contribution is 6.31. The summed E-state index contributed by atoms with van der Waals surface area (Å²) < 4.78 is 5.62. The highest BCUT2D eigenvalue weighted by Gasteiger charge is 2.14. The van der Waals surface area contributed by atoms with Crippen molar-refractivity contribution in [2.45, 2.75) is 6.10 Å². The molecule has 2 aromatic rings. The van der Waals surface area contributed by atoms with Crippen LogP contribution in [0, 0.1) is 11.3 Å². The first-order chi connectivity index (χ1) is 11.7. The number of hydrogen-bond acceptors (Lipinski definition) is 9. The Bertz CT molecular complexity index is 727. The molecule has 0 aromatic carbocycles. The summed E-state index contributed by atoms with van der Waals surface area (Å²) in [6, 6.07) is 3.64. The summed E-state index contributed by atoms with van der Waals surface area (Å²) in [6.45, 7) is 2.95. The number of morpholine rings is 1. The minimum absolute atomic E-state index is 0.0729. The molecule has 124 valence electrons. The number of anilines is 3. The van der Waals surface area contributed by atoms with Gasteiger partial charge in [0, 0.05) is 25.7 Å². The van der Waals surface area contributed by atoms with Crippen LogP contribution in [0.1, 0.15) is 5.69 Å². The summed E-state index contributed by atoms with van der Waals surface area (Å²) in [6.07, 6.45) is 2.89. The SMILES string of the molecule is N#Cc1cnc(Nc2cc(NC[C@@H]3CNCCO3)c(Cl)nn2)cn1. The van der Waals surface area contributed by atoms with Crippen molar-refractivity contribution in [2.24, 2.45) is 0 Å². The summed E-state index contributed by atoms with van der Waals surface area (Å²) in [5.41, 5.74) is 0.885. The Balaban J connectivity index is 1.65. The fourth-order valence-electron chi connectivity index (χ4n) is 2.12. The Morgan fingerprint density at radius 3 is 2.96 bits per heavy atom. The van der Waals surface area contributed by atoms with Crippen molar-refractivity contribution in [3.63, 3.8) is 0 Å². The molecule has 0 bridgehead atoms. The first kappa shape index (κ1) is 16.3. The van der Waals surface area contributed by atoms with Crippen LogP contribution in [0.2, 0.25) is 5.15 Å². The first-order valence-electron chi connectivity index (χ1n) is 7.33. The van der Waals surface area contributed by atoms with Gasteiger partial charge in [-0.05, 0) is 0 Å². The van der Waals surface area contributed by atoms with Gasteiger partial charge in [-0.1, -0.05) is 11.6 Å². The van der Waals surface area contributed by atoms with E-state index >= 15 is 0 Å². The van der Waals surface area contributed by atoms with Gasteiger partial charge in [0.05, 0.1) is 30.8 Å². The monoisotopic (exact) mass is 346 g/mol. The van der Waals surface area contributed by atoms with Crippen LogP contribution in [0.15, 0.2) is 18.5 Å². The van der Waals surface area contributed by atoms with E-state index in [1.54, 1.807) is 6.07 Å². The van der Waals surface area contributed by atoms with Gasteiger partial charge in [-0.3, -0.25) is 0 Å². The van der Waals surface area contributed by atoms with Crippen LogP contribution in [-0.2, 0) is 4.74 Å². The van der Waals surface area contributed by atoms with Gasteiger partial charge in [0.15, 0.2) is 16.7 Å². The molecule has 1 aliphatic rings. The third-order valence-electron chi connectivity index (χ3n) is 3.30. The number of ether oxygens (including phenoxy) is 1. The van der Waals surface area contributed by atoms with E-state index in [9.17, 15) is 0 Å². The van der Waals surface area contributed by atoms with E-state index in [2.05, 4.69) is 36.1 Å². The zero-order chi connectivity index (χ0) is 16.8. The van der Waals surface area contributed by atoms with Gasteiger partial charge in [0.2, 0.25) is 0 Å². The second-order valence-electron chi connectivity index (χ2n) is 5.04. The molecule has 1 fully saturated rings. The maximum atomic E-state index is 8.72. The van der Waals surface area contributed by atoms with Crippen LogP contribution in [-0.4, -0.2) is 52.5 Å². The topological polar surface area (TPSA) is 121 Å². The van der Waals surface area contributed by atoms with Crippen molar-refractivity contribution in [1.29, 1.82) is 5.26 Å². The minimum atomic E-state index is 0.0729. The molecule has 9 nitrogen and oxygen atoms in total. The molecule has 0 saturated carbocycles. The number of rotatable bonds is 5. The molecule has 1 aliphatic heterocycles. The highest BCUT2D eigenvalue weighted by atomic mass is 35.5. The molecule has 3 heterocycles. The average molecular weight is 347 g/mol. The third-order valence-corrected chi connectivity index (χ3v) is 3.58. The number of nitriles is 1. The Hall–Kier alpha value is -2.54. The molecule has 1 saturated heterocycles. The summed E-state index contributed by atoms with van der Waals surface area (Å²) in [4.78, 5) is 8.00. The molecular weight excluding hydrogens is 332 g/mol. The van der Waals surface area contributed by atoms with Crippen LogP contribution >= 0.6 is 11.6 Å². The summed E-state index contributed by atoms with van der Waals surface area (Å²) in [7, 11) is 0. The maximum Gasteiger partial charge on any atom is 0.174 e. The largest absolute Gasteiger partial charge is 0.380 e. The predicted molar refractivity (Wildman–Crippen MR) is 88.2 cm³/mol. The van der Waals surface area contributed by atoms with Gasteiger partial charge in [0.1, 0.15) is 11.9 Å². The highest BCUT2D eigenvalue weighted by Crippen LogP contribution is 2.22. The molecule has 0 aliphatic carbocycles. The molecule has 0 spiro atoms. The van der Waals surface area contributed by atoms with Gasteiger partial charge in [0.25, 0.3) is 0 Å². The molecule has 0 amide bonds. The summed E-state index contributed by atoms with van der Waals surface area (Å²) in [5, 5.41) is 26.3. The van der Waals surface area contributed by atoms with Crippen molar-refractivity contribution in [3.05, 3.63) is 29.3 Å². The van der Waals surface area contributed by atoms with Crippen molar-refractivity contribution in [3.8, 4) is 6.07 Å². The molecule has 1 atom stereocenters. The summed E-state index contributed by atoms with van der Waals surface area (Å²) >= 11 is 6.07. The van der Waals surface area contributed by atoms with Crippen molar-refractivity contribution >= 4 is 28.9 Å². The van der Waals surface area contributed by atoms with Crippen LogP contribution in [0.4, 0.5) is 17.3 Å². The van der Waals surface area contributed by atoms with Crippen molar-refractivity contribution in [1.82, 2.24) is 25.5 Å². The quantitative estimate of drug-likeness (QED) is 0.726. The van der Waals surface area contributed by atoms with E-state index in [4.69, 9.17) is 21.6 Å². The van der Waals surface area contributed by atoms with Gasteiger partial charge in [-0.2, -0.15) is 5.26 Å². The van der Waals surface area contributed by atoms with Gasteiger partial charge >= 0.3 is 0 Å². The van der Waals surface area contributed by atoms with Gasteiger partial charge in [-0.25, -0.2) is 9.97 Å². The second kappa shape index (κ2) is 7.83. The zero-order valence-corrected chi connectivity index (χ0v) is 13.4. The van der Waals surface area contributed by atoms with E-state index in [0.29, 0.717) is 30.5 Å². The number of nitrogens with zero attached hydrogens (tertiary/aromatic N) is 5. The Morgan fingerprint density at radius 1 is 1.33 bits per heavy atom. The van der Waals surface area contributed by atoms with Gasteiger partial charge in [-0.15, -0.1) is 10.2 Å². The lowest BCUT2D eigenvalue weighted by atomic mass is 10.3. The lowest BCUT2D eigenvalue weighted by Crippen LogP contribution is -2.42. The van der Waals surface area contributed by atoms with E-state index in [1.807, 2.05) is 6.07 Å². The fourth-order valence-corrected chi connectivity index (χ4v) is 2.28. The molecule has 3 N–H and O–H groups in total. The first-order valence-corrected chi connectivity index (χ1v) is 7.71. The number of hydrogen-bond donors (Lipinski definition) is 3. The lowest BCUT2D eigenvalue weighted by Gasteiger charge is -2.24. The predicted octanol–water partition coefficient (Wildman–Crippen LogP) is 0.936. The minimum Gasteiger partial charge on any atom is -0.380 e. The van der Waals surface area contributed by atoms with Gasteiger partial charge < -0.3 is 20.7 Å². The smallest absolute Gasteiger partial charge is 0.174 e. The number of halogens is 1. The van der Waals surface area contributed by atoms with E-state index < -0.39 is 0 Å². The van der Waals surface area contributed by atoms with Crippen molar-refractivity contribution in [2.75, 3.05) is 36.9 Å². The van der Waals surface area contributed by atoms with E-state index in [0.717, 1.165) is 13.1 Å². The van der Waals surface area contributed by atoms with Crippen LogP contribution in [0.3, 0.4) is 0 Å². The number of aromatic nitrogens is 4. The Labute approximate surface area is 143 Å². The lowest BCUT2D eigenvalue weighted by molar-refractivity contribution is 0.0372. The molecule has 3 rings (SSSR count). The summed E-state index contributed by atoms with van der Waals surface area (Å²) in [5.74, 6) is 0.917. The molecule has 0 radical (unpaired) electrons.